The van der Waals surface area contributed by atoms with Crippen LogP contribution >= 0.6 is 0 Å². The van der Waals surface area contributed by atoms with Crippen LogP contribution < -0.4 is 0 Å². The van der Waals surface area contributed by atoms with Crippen molar-refractivity contribution in [1.82, 2.24) is 9.88 Å². The number of aliphatic carboxylic acids is 1. The summed E-state index contributed by atoms with van der Waals surface area (Å²) < 4.78 is 10.2. The second-order valence-electron chi connectivity index (χ2n) is 4.86. The van der Waals surface area contributed by atoms with Gasteiger partial charge in [0.05, 0.1) is 12.3 Å². The van der Waals surface area contributed by atoms with Crippen LogP contribution in [0, 0.1) is 6.92 Å². The first-order chi connectivity index (χ1) is 10.0. The van der Waals surface area contributed by atoms with E-state index in [1.807, 2.05) is 13.0 Å². The molecule has 1 fully saturated rings. The fourth-order valence-electron chi connectivity index (χ4n) is 2.28. The number of rotatable bonds is 5. The highest BCUT2D eigenvalue weighted by molar-refractivity contribution is 5.82. The summed E-state index contributed by atoms with van der Waals surface area (Å²) in [6.45, 7) is 2.25. The Kier molecular flexibility index (Phi) is 4.87. The van der Waals surface area contributed by atoms with E-state index in [9.17, 15) is 14.7 Å². The van der Waals surface area contributed by atoms with Crippen LogP contribution in [0.2, 0.25) is 0 Å². The van der Waals surface area contributed by atoms with Crippen molar-refractivity contribution in [2.45, 2.75) is 19.1 Å². The summed E-state index contributed by atoms with van der Waals surface area (Å²) >= 11 is 0. The number of carboxylic acid groups (broad SMARTS) is 1. The van der Waals surface area contributed by atoms with E-state index in [1.54, 1.807) is 12.3 Å². The lowest BCUT2D eigenvalue weighted by molar-refractivity contribution is -0.174. The van der Waals surface area contributed by atoms with Gasteiger partial charge in [0.15, 0.2) is 6.10 Å². The molecule has 2 heterocycles. The summed E-state index contributed by atoms with van der Waals surface area (Å²) in [5.41, 5.74) is 1.45. The maximum Gasteiger partial charge on any atom is 0.335 e. The predicted octanol–water partition coefficient (Wildman–Crippen LogP) is 0.390. The second-order valence-corrected chi connectivity index (χ2v) is 4.86. The maximum absolute atomic E-state index is 12.0. The topological polar surface area (TPSA) is 89.0 Å². The summed E-state index contributed by atoms with van der Waals surface area (Å²) in [5.74, 6) is -1.38. The van der Waals surface area contributed by atoms with Gasteiger partial charge in [-0.05, 0) is 18.6 Å². The van der Waals surface area contributed by atoms with Crippen LogP contribution in [-0.4, -0.2) is 59.8 Å². The molecule has 7 heteroatoms. The van der Waals surface area contributed by atoms with Crippen LogP contribution in [0.15, 0.2) is 18.3 Å². The lowest BCUT2D eigenvalue weighted by Crippen LogP contribution is -2.52. The number of carbonyl (C=O) groups is 2. The third kappa shape index (κ3) is 3.37. The van der Waals surface area contributed by atoms with Gasteiger partial charge in [0, 0.05) is 19.9 Å². The van der Waals surface area contributed by atoms with Crippen LogP contribution in [0.3, 0.4) is 0 Å². The number of aryl methyl sites for hydroxylation is 1. The molecule has 0 spiro atoms. The van der Waals surface area contributed by atoms with Gasteiger partial charge in [-0.3, -0.25) is 9.78 Å². The maximum atomic E-state index is 12.0. The molecule has 0 bridgehead atoms. The second kappa shape index (κ2) is 6.64. The molecule has 0 aliphatic carbocycles. The molecule has 1 aliphatic rings. The molecule has 1 saturated heterocycles. The smallest absolute Gasteiger partial charge is 0.335 e. The Morgan fingerprint density at radius 3 is 2.90 bits per heavy atom. The summed E-state index contributed by atoms with van der Waals surface area (Å²) in [7, 11) is 1.53. The highest BCUT2D eigenvalue weighted by atomic mass is 16.5. The molecule has 0 radical (unpaired) electrons. The standard InChI is InChI=1S/C14H18N2O5/c1-9-3-4-10(15-7-9)12-13(14(18)19)21-8-11(17)16(12)5-6-20-2/h3-4,7,12-13H,5-6,8H2,1-2H3,(H,18,19). The number of hydrogen-bond acceptors (Lipinski definition) is 5. The first-order valence-electron chi connectivity index (χ1n) is 6.60. The minimum Gasteiger partial charge on any atom is -0.479 e. The highest BCUT2D eigenvalue weighted by Crippen LogP contribution is 2.29. The molecule has 0 saturated carbocycles. The van der Waals surface area contributed by atoms with Crippen LogP contribution in [0.4, 0.5) is 0 Å². The SMILES string of the molecule is COCCN1C(=O)COC(C(=O)O)C1c1ccc(C)cn1. The highest BCUT2D eigenvalue weighted by Gasteiger charge is 2.42. The van der Waals surface area contributed by atoms with Gasteiger partial charge in [0.2, 0.25) is 5.91 Å². The zero-order valence-electron chi connectivity index (χ0n) is 12.0. The lowest BCUT2D eigenvalue weighted by Gasteiger charge is -2.38. The van der Waals surface area contributed by atoms with Crippen LogP contribution in [0.5, 0.6) is 0 Å². The molecule has 114 valence electrons. The minimum absolute atomic E-state index is 0.247. The molecule has 21 heavy (non-hydrogen) atoms. The van der Waals surface area contributed by atoms with E-state index >= 15 is 0 Å². The molecule has 1 aromatic rings. The number of carbonyl (C=O) groups excluding carboxylic acids is 1. The van der Waals surface area contributed by atoms with Gasteiger partial charge in [0.1, 0.15) is 12.6 Å². The largest absolute Gasteiger partial charge is 0.479 e. The van der Waals surface area contributed by atoms with E-state index in [4.69, 9.17) is 9.47 Å². The Balaban J connectivity index is 2.35. The number of pyridine rings is 1. The third-order valence-electron chi connectivity index (χ3n) is 3.35. The van der Waals surface area contributed by atoms with Crippen LogP contribution in [0.1, 0.15) is 17.3 Å². The summed E-state index contributed by atoms with van der Waals surface area (Å²) in [6, 6.07) is 2.80. The molecule has 2 rings (SSSR count). The molecule has 1 aliphatic heterocycles. The molecule has 1 N–H and O–H groups in total. The zero-order valence-corrected chi connectivity index (χ0v) is 12.0. The summed E-state index contributed by atoms with van der Waals surface area (Å²) in [6.07, 6.45) is 0.511. The van der Waals surface area contributed by atoms with Crippen molar-refractivity contribution in [1.29, 1.82) is 0 Å². The van der Waals surface area contributed by atoms with Crippen molar-refractivity contribution in [2.24, 2.45) is 0 Å². The van der Waals surface area contributed by atoms with Crippen molar-refractivity contribution in [3.05, 3.63) is 29.6 Å². The first-order valence-corrected chi connectivity index (χ1v) is 6.60. The number of methoxy groups -OCH3 is 1. The number of aromatic nitrogens is 1. The minimum atomic E-state index is -1.13. The summed E-state index contributed by atoms with van der Waals surface area (Å²) in [4.78, 5) is 29.2. The molecule has 2 atom stereocenters. The van der Waals surface area contributed by atoms with Crippen molar-refractivity contribution in [2.75, 3.05) is 26.9 Å². The molecular formula is C14H18N2O5. The molecule has 1 aromatic heterocycles. The van der Waals surface area contributed by atoms with Gasteiger partial charge in [-0.15, -0.1) is 0 Å². The lowest BCUT2D eigenvalue weighted by atomic mass is 10.0. The molecule has 7 nitrogen and oxygen atoms in total. The van der Waals surface area contributed by atoms with E-state index in [1.165, 1.54) is 12.0 Å². The van der Waals surface area contributed by atoms with Gasteiger partial charge >= 0.3 is 5.97 Å². The van der Waals surface area contributed by atoms with Crippen LogP contribution in [0.25, 0.3) is 0 Å². The first kappa shape index (κ1) is 15.4. The van der Waals surface area contributed by atoms with E-state index in [-0.39, 0.29) is 12.5 Å². The molecular weight excluding hydrogens is 276 g/mol. The van der Waals surface area contributed by atoms with E-state index in [0.29, 0.717) is 18.8 Å². The Labute approximate surface area is 122 Å². The zero-order chi connectivity index (χ0) is 15.4. The average Bonchev–Trinajstić information content (AvgIpc) is 2.46. The van der Waals surface area contributed by atoms with Gasteiger partial charge in [-0.1, -0.05) is 6.07 Å². The van der Waals surface area contributed by atoms with E-state index in [0.717, 1.165) is 5.56 Å². The number of amides is 1. The number of hydrogen-bond donors (Lipinski definition) is 1. The van der Waals surface area contributed by atoms with Gasteiger partial charge in [0.25, 0.3) is 0 Å². The quantitative estimate of drug-likeness (QED) is 0.845. The number of morpholine rings is 1. The molecule has 0 aromatic carbocycles. The van der Waals surface area contributed by atoms with Gasteiger partial charge < -0.3 is 19.5 Å². The van der Waals surface area contributed by atoms with E-state index in [2.05, 4.69) is 4.98 Å². The van der Waals surface area contributed by atoms with Crippen molar-refractivity contribution >= 4 is 11.9 Å². The van der Waals surface area contributed by atoms with Gasteiger partial charge in [-0.25, -0.2) is 4.79 Å². The van der Waals surface area contributed by atoms with Crippen LogP contribution in [-0.2, 0) is 19.1 Å². The van der Waals surface area contributed by atoms with Crippen molar-refractivity contribution in [3.8, 4) is 0 Å². The number of ether oxygens (including phenoxy) is 2. The average molecular weight is 294 g/mol. The van der Waals surface area contributed by atoms with E-state index < -0.39 is 18.1 Å². The Morgan fingerprint density at radius 1 is 1.57 bits per heavy atom. The van der Waals surface area contributed by atoms with Crippen molar-refractivity contribution < 1.29 is 24.2 Å². The Bertz CT molecular complexity index is 517. The molecule has 2 unspecified atom stereocenters. The molecule has 1 amide bonds. The third-order valence-corrected chi connectivity index (χ3v) is 3.35. The van der Waals surface area contributed by atoms with Crippen molar-refractivity contribution in [3.63, 3.8) is 0 Å². The normalized spacial score (nSPS) is 22.4. The fraction of sp³-hybridized carbons (Fsp3) is 0.500. The Morgan fingerprint density at radius 2 is 2.33 bits per heavy atom. The summed E-state index contributed by atoms with van der Waals surface area (Å²) in [5, 5.41) is 9.33. The Hall–Kier alpha value is -1.99. The van der Waals surface area contributed by atoms with Gasteiger partial charge in [-0.2, -0.15) is 0 Å². The number of carboxylic acids is 1. The fourth-order valence-corrected chi connectivity index (χ4v) is 2.28. The monoisotopic (exact) mass is 294 g/mol. The number of nitrogens with zero attached hydrogens (tertiary/aromatic N) is 2. The predicted molar refractivity (Wildman–Crippen MR) is 72.7 cm³/mol.